The van der Waals surface area contributed by atoms with E-state index in [2.05, 4.69) is 29.3 Å². The maximum absolute atomic E-state index is 12.9. The van der Waals surface area contributed by atoms with Crippen LogP contribution in [0.3, 0.4) is 0 Å². The molecule has 30 heavy (non-hydrogen) atoms. The molecule has 164 valence electrons. The van der Waals surface area contributed by atoms with Gasteiger partial charge in [0.15, 0.2) is 9.92 Å². The highest BCUT2D eigenvalue weighted by Crippen LogP contribution is 2.35. The largest absolute Gasteiger partial charge is 0.383 e. The number of fused-ring (bicyclic) bond motifs is 1. The molecule has 0 aliphatic carbocycles. The smallest absolute Gasteiger partial charge is 0.259 e. The van der Waals surface area contributed by atoms with Crippen molar-refractivity contribution in [3.63, 3.8) is 0 Å². The van der Waals surface area contributed by atoms with Crippen molar-refractivity contribution < 1.29 is 18.8 Å². The third kappa shape index (κ3) is 4.65. The zero-order valence-corrected chi connectivity index (χ0v) is 19.7. The lowest BCUT2D eigenvalue weighted by atomic mass is 9.84. The second-order valence-corrected chi connectivity index (χ2v) is 11.4. The number of aryl methyl sites for hydroxylation is 1. The van der Waals surface area contributed by atoms with Gasteiger partial charge in [-0.1, -0.05) is 26.8 Å². The molecule has 1 aromatic carbocycles. The van der Waals surface area contributed by atoms with Crippen molar-refractivity contribution in [2.75, 3.05) is 0 Å². The molecule has 9 heteroatoms. The van der Waals surface area contributed by atoms with E-state index in [1.807, 2.05) is 6.92 Å². The van der Waals surface area contributed by atoms with Crippen molar-refractivity contribution in [3.8, 4) is 0 Å². The lowest BCUT2D eigenvalue weighted by Gasteiger charge is -2.20. The van der Waals surface area contributed by atoms with Crippen molar-refractivity contribution in [1.29, 1.82) is 0 Å². The van der Waals surface area contributed by atoms with Gasteiger partial charge in [-0.05, 0) is 54.0 Å². The lowest BCUT2D eigenvalue weighted by Crippen LogP contribution is -2.16. The molecule has 0 fully saturated rings. The molecule has 0 spiro atoms. The van der Waals surface area contributed by atoms with Crippen LogP contribution in [0.5, 0.6) is 0 Å². The number of hydrogen-bond acceptors (Lipinski definition) is 6. The third-order valence-electron chi connectivity index (χ3n) is 5.10. The van der Waals surface area contributed by atoms with Gasteiger partial charge in [0.2, 0.25) is 0 Å². The third-order valence-corrected chi connectivity index (χ3v) is 8.33. The van der Waals surface area contributed by atoms with Gasteiger partial charge >= 0.3 is 0 Å². The van der Waals surface area contributed by atoms with Gasteiger partial charge in [-0.25, -0.2) is 14.3 Å². The molecule has 0 bridgehead atoms. The molecule has 1 atom stereocenters. The van der Waals surface area contributed by atoms with E-state index in [0.717, 1.165) is 40.0 Å². The minimum absolute atomic E-state index is 0.0370. The Kier molecular flexibility index (Phi) is 6.50. The first-order valence-corrected chi connectivity index (χ1v) is 12.3. The first kappa shape index (κ1) is 23.0. The normalized spacial score (nSPS) is 15.9. The van der Waals surface area contributed by atoms with E-state index in [1.54, 1.807) is 13.8 Å². The van der Waals surface area contributed by atoms with Gasteiger partial charge in [-0.2, -0.15) is 0 Å². The van der Waals surface area contributed by atoms with Crippen molar-refractivity contribution in [1.82, 2.24) is 4.98 Å². The maximum Gasteiger partial charge on any atom is 0.259 e. The number of ether oxygens (including phenoxy) is 1. The second kappa shape index (κ2) is 8.47. The van der Waals surface area contributed by atoms with Gasteiger partial charge in [0.1, 0.15) is 14.8 Å². The van der Waals surface area contributed by atoms with E-state index in [0.29, 0.717) is 18.2 Å². The SMILES string of the molecule is CCc1cc2c(c(C(C)C)c1CC(=O)N=S(N)(=O)c1cnc(C(C)(C)O)s1)COC2. The Labute approximate surface area is 182 Å². The zero-order valence-electron chi connectivity index (χ0n) is 18.0. The average molecular weight is 452 g/mol. The number of thiazole rings is 1. The fraction of sp³-hybridized carbons (Fsp3) is 0.524. The Bertz CT molecular complexity index is 1090. The van der Waals surface area contributed by atoms with Crippen LogP contribution in [0, 0.1) is 0 Å². The van der Waals surface area contributed by atoms with E-state index >= 15 is 0 Å². The molecule has 0 radical (unpaired) electrons. The summed E-state index contributed by atoms with van der Waals surface area (Å²) in [7, 11) is -3.44. The van der Waals surface area contributed by atoms with Crippen LogP contribution in [0.25, 0.3) is 0 Å². The van der Waals surface area contributed by atoms with Crippen molar-refractivity contribution in [3.05, 3.63) is 45.1 Å². The standard InChI is InChI=1S/C21H29N3O4S2/c1-6-13-7-14-10-28-11-16(14)19(12(2)3)15(13)8-17(25)24-30(22,27)18-9-23-20(29-18)21(4,5)26/h7,9,12,26H,6,8,10-11H2,1-5H3,(H2,22,24,25,27). The summed E-state index contributed by atoms with van der Waals surface area (Å²) in [5.41, 5.74) is 4.28. The van der Waals surface area contributed by atoms with Crippen molar-refractivity contribution in [2.45, 2.75) is 76.4 Å². The summed E-state index contributed by atoms with van der Waals surface area (Å²) in [6, 6.07) is 2.11. The molecular formula is C21H29N3O4S2. The predicted octanol–water partition coefficient (Wildman–Crippen LogP) is 3.56. The Balaban J connectivity index is 1.98. The zero-order chi connectivity index (χ0) is 22.3. The minimum atomic E-state index is -3.44. The number of hydrogen-bond donors (Lipinski definition) is 2. The van der Waals surface area contributed by atoms with E-state index in [9.17, 15) is 14.1 Å². The Morgan fingerprint density at radius 1 is 1.43 bits per heavy atom. The number of rotatable bonds is 6. The van der Waals surface area contributed by atoms with Gasteiger partial charge in [0.25, 0.3) is 5.91 Å². The maximum atomic E-state index is 12.9. The summed E-state index contributed by atoms with van der Waals surface area (Å²) in [6.45, 7) is 10.5. The van der Waals surface area contributed by atoms with Crippen LogP contribution in [-0.2, 0) is 51.1 Å². The molecule has 1 amide bonds. The highest BCUT2D eigenvalue weighted by atomic mass is 32.2. The number of carbonyl (C=O) groups is 1. The summed E-state index contributed by atoms with van der Waals surface area (Å²) >= 11 is 1.00. The number of amides is 1. The van der Waals surface area contributed by atoms with E-state index in [-0.39, 0.29) is 16.5 Å². The molecule has 0 saturated carbocycles. The molecule has 1 unspecified atom stereocenters. The topological polar surface area (TPSA) is 115 Å². The number of benzene rings is 1. The summed E-state index contributed by atoms with van der Waals surface area (Å²) in [4.78, 5) is 16.9. The molecule has 2 aromatic rings. The minimum Gasteiger partial charge on any atom is -0.383 e. The van der Waals surface area contributed by atoms with E-state index in [4.69, 9.17) is 9.88 Å². The van der Waals surface area contributed by atoms with Crippen molar-refractivity contribution >= 4 is 27.2 Å². The molecule has 1 aliphatic rings. The molecular weight excluding hydrogens is 422 g/mol. The van der Waals surface area contributed by atoms with Crippen molar-refractivity contribution in [2.24, 2.45) is 9.50 Å². The van der Waals surface area contributed by atoms with Crippen LogP contribution in [0.4, 0.5) is 0 Å². The average Bonchev–Trinajstić information content (AvgIpc) is 3.29. The summed E-state index contributed by atoms with van der Waals surface area (Å²) < 4.78 is 22.6. The Morgan fingerprint density at radius 2 is 2.13 bits per heavy atom. The van der Waals surface area contributed by atoms with Crippen LogP contribution in [0.2, 0.25) is 0 Å². The monoisotopic (exact) mass is 451 g/mol. The van der Waals surface area contributed by atoms with Crippen LogP contribution in [0.1, 0.15) is 73.4 Å². The number of aliphatic hydroxyl groups is 1. The second-order valence-electron chi connectivity index (χ2n) is 8.34. The fourth-order valence-electron chi connectivity index (χ4n) is 3.75. The van der Waals surface area contributed by atoms with Crippen LogP contribution >= 0.6 is 11.3 Å². The molecule has 2 heterocycles. The number of nitrogens with two attached hydrogens (primary N) is 1. The van der Waals surface area contributed by atoms with Crippen LogP contribution in [0.15, 0.2) is 20.8 Å². The highest BCUT2D eigenvalue weighted by Gasteiger charge is 2.26. The van der Waals surface area contributed by atoms with Gasteiger partial charge < -0.3 is 9.84 Å². The van der Waals surface area contributed by atoms with E-state index < -0.39 is 21.4 Å². The summed E-state index contributed by atoms with van der Waals surface area (Å²) in [5.74, 6) is -0.316. The summed E-state index contributed by atoms with van der Waals surface area (Å²) in [5, 5.41) is 16.4. The number of aromatic nitrogens is 1. The van der Waals surface area contributed by atoms with Crippen LogP contribution in [-0.4, -0.2) is 20.2 Å². The molecule has 1 aromatic heterocycles. The molecule has 3 N–H and O–H groups in total. The lowest BCUT2D eigenvalue weighted by molar-refractivity contribution is -0.117. The summed E-state index contributed by atoms with van der Waals surface area (Å²) in [6.07, 6.45) is 2.13. The molecule has 3 rings (SSSR count). The van der Waals surface area contributed by atoms with Gasteiger partial charge in [0.05, 0.1) is 25.8 Å². The molecule has 7 nitrogen and oxygen atoms in total. The fourth-order valence-corrected chi connectivity index (χ4v) is 5.89. The predicted molar refractivity (Wildman–Crippen MR) is 117 cm³/mol. The Hall–Kier alpha value is -1.65. The number of carbonyl (C=O) groups excluding carboxylic acids is 1. The van der Waals surface area contributed by atoms with Gasteiger partial charge in [-0.15, -0.1) is 15.7 Å². The van der Waals surface area contributed by atoms with Crippen LogP contribution < -0.4 is 5.14 Å². The highest BCUT2D eigenvalue weighted by molar-refractivity contribution is 7.93. The molecule has 0 saturated heterocycles. The quantitative estimate of drug-likeness (QED) is 0.697. The number of nitrogens with zero attached hydrogens (tertiary/aromatic N) is 2. The van der Waals surface area contributed by atoms with Gasteiger partial charge in [-0.3, -0.25) is 4.79 Å². The molecule has 1 aliphatic heterocycles. The first-order chi connectivity index (χ1) is 13.9. The van der Waals surface area contributed by atoms with E-state index in [1.165, 1.54) is 11.8 Å². The first-order valence-electron chi connectivity index (χ1n) is 9.94. The Morgan fingerprint density at radius 3 is 2.70 bits per heavy atom. The van der Waals surface area contributed by atoms with Gasteiger partial charge in [0, 0.05) is 0 Å².